The maximum Gasteiger partial charge on any atom is 0.461 e. The van der Waals surface area contributed by atoms with Crippen LogP contribution in [0.25, 0.3) is 5.52 Å². The molecule has 14 nitrogen and oxygen atoms in total. The molecule has 0 unspecified atom stereocenters. The second-order valence-corrected chi connectivity index (χ2v) is 11.3. The predicted octanol–water partition coefficient (Wildman–Crippen LogP) is 1.12. The lowest BCUT2D eigenvalue weighted by atomic mass is 9.91. The van der Waals surface area contributed by atoms with Crippen LogP contribution in [0.15, 0.2) is 18.5 Å². The molecule has 1 aliphatic rings. The van der Waals surface area contributed by atoms with Crippen molar-refractivity contribution in [3.8, 4) is 0 Å². The van der Waals surface area contributed by atoms with Crippen LogP contribution >= 0.6 is 7.75 Å². The van der Waals surface area contributed by atoms with Crippen LogP contribution < -0.4 is 10.8 Å². The van der Waals surface area contributed by atoms with E-state index in [0.717, 1.165) is 0 Å². The summed E-state index contributed by atoms with van der Waals surface area (Å²) < 4.78 is 36.4. The molecule has 2 aromatic heterocycles. The van der Waals surface area contributed by atoms with Gasteiger partial charge in [0.05, 0.1) is 24.3 Å². The van der Waals surface area contributed by atoms with Crippen LogP contribution in [0.4, 0.5) is 5.82 Å². The van der Waals surface area contributed by atoms with Gasteiger partial charge in [0.2, 0.25) is 0 Å². The van der Waals surface area contributed by atoms with E-state index in [1.165, 1.54) is 38.5 Å². The van der Waals surface area contributed by atoms with E-state index in [9.17, 15) is 24.4 Å². The normalized spacial score (nSPS) is 26.4. The molecule has 0 radical (unpaired) electrons. The van der Waals surface area contributed by atoms with Crippen molar-refractivity contribution in [3.05, 3.63) is 24.2 Å². The molecule has 15 heteroatoms. The van der Waals surface area contributed by atoms with Gasteiger partial charge in [-0.2, -0.15) is 10.2 Å². The second-order valence-electron chi connectivity index (χ2n) is 9.62. The summed E-state index contributed by atoms with van der Waals surface area (Å²) in [4.78, 5) is 28.4. The van der Waals surface area contributed by atoms with Gasteiger partial charge in [0.15, 0.2) is 5.82 Å². The molecular weight excluding hydrogens is 509 g/mol. The first-order valence-corrected chi connectivity index (χ1v) is 13.3. The highest BCUT2D eigenvalue weighted by Gasteiger charge is 2.54. The summed E-state index contributed by atoms with van der Waals surface area (Å²) in [6, 6.07) is 2.10. The average molecular weight is 544 g/mol. The number of esters is 1. The molecule has 0 aliphatic carbocycles. The summed E-state index contributed by atoms with van der Waals surface area (Å²) in [5, 5.41) is 28.5. The molecule has 3 heterocycles. The van der Waals surface area contributed by atoms with Crippen molar-refractivity contribution in [2.24, 2.45) is 5.92 Å². The van der Waals surface area contributed by atoms with Crippen molar-refractivity contribution in [1.29, 1.82) is 0 Å². The number of carbonyl (C=O) groups is 2. The lowest BCUT2D eigenvalue weighted by Crippen LogP contribution is -2.43. The van der Waals surface area contributed by atoms with E-state index in [2.05, 4.69) is 15.2 Å². The fourth-order valence-corrected chi connectivity index (χ4v) is 5.25. The minimum atomic E-state index is -4.44. The van der Waals surface area contributed by atoms with Gasteiger partial charge in [-0.25, -0.2) is 14.1 Å². The number of nitrogens with zero attached hydrogens (tertiary/aromatic N) is 3. The van der Waals surface area contributed by atoms with Crippen LogP contribution in [-0.4, -0.2) is 73.3 Å². The largest absolute Gasteiger partial charge is 0.462 e. The number of nitrogens with one attached hydrogen (secondary N) is 1. The first-order valence-electron chi connectivity index (χ1n) is 11.8. The van der Waals surface area contributed by atoms with E-state index in [1.807, 2.05) is 0 Å². The Morgan fingerprint density at radius 2 is 1.95 bits per heavy atom. The van der Waals surface area contributed by atoms with Gasteiger partial charge in [-0.3, -0.25) is 14.1 Å². The number of fused-ring (bicyclic) bond motifs is 1. The Hall–Kier alpha value is -2.61. The number of aliphatic hydroxyl groups is 2. The third kappa shape index (κ3) is 6.28. The third-order valence-corrected chi connectivity index (χ3v) is 7.33. The molecule has 0 bridgehead atoms. The standard InChI is InChI=1S/C22H34N5O9P/c1-11(2)20(29)36-37(32,26-13(5)21(30)34-12(3)4)33-9-16-17(28)22(6,31)18(35-16)14-7-8-15-19(23)24-10-25-27(14)15/h7-8,10-13,16-18,28,31H,9H2,1-6H3,(H,26,32)(H2,23,24,25)/t13-,16+,17+,18-,22+,37-/m0/s1. The van der Waals surface area contributed by atoms with E-state index in [1.54, 1.807) is 26.0 Å². The molecule has 5 N–H and O–H groups in total. The van der Waals surface area contributed by atoms with Crippen molar-refractivity contribution in [2.75, 3.05) is 12.3 Å². The Labute approximate surface area is 214 Å². The van der Waals surface area contributed by atoms with Gasteiger partial charge in [-0.05, 0) is 39.8 Å². The predicted molar refractivity (Wildman–Crippen MR) is 130 cm³/mol. The van der Waals surface area contributed by atoms with E-state index >= 15 is 0 Å². The Bertz CT molecular complexity index is 1180. The minimum Gasteiger partial charge on any atom is -0.462 e. The van der Waals surface area contributed by atoms with Crippen molar-refractivity contribution in [1.82, 2.24) is 19.7 Å². The number of ether oxygens (including phenoxy) is 2. The SMILES string of the molecule is CC(C)OC(=O)[C@H](C)N[P@](=O)(OC[C@H]1O[C@@H](c2ccc3c(N)ncnn23)[C@](C)(O)[C@@H]1O)OC(=O)C(C)C. The molecule has 2 aromatic rings. The molecule has 0 amide bonds. The molecule has 37 heavy (non-hydrogen) atoms. The second kappa shape index (κ2) is 11.0. The van der Waals surface area contributed by atoms with Crippen LogP contribution in [0, 0.1) is 5.92 Å². The van der Waals surface area contributed by atoms with Crippen molar-refractivity contribution in [2.45, 2.75) is 77.6 Å². The molecule has 0 aromatic carbocycles. The van der Waals surface area contributed by atoms with Gasteiger partial charge in [-0.1, -0.05) is 13.8 Å². The maximum atomic E-state index is 13.5. The number of aliphatic hydroxyl groups excluding tert-OH is 1. The highest BCUT2D eigenvalue weighted by Crippen LogP contribution is 2.48. The third-order valence-electron chi connectivity index (χ3n) is 5.72. The van der Waals surface area contributed by atoms with Gasteiger partial charge >= 0.3 is 19.7 Å². The molecule has 0 saturated carbocycles. The summed E-state index contributed by atoms with van der Waals surface area (Å²) in [5.74, 6) is -2.01. The Kier molecular flexibility index (Phi) is 8.62. The summed E-state index contributed by atoms with van der Waals surface area (Å²) >= 11 is 0. The van der Waals surface area contributed by atoms with Gasteiger partial charge < -0.3 is 29.9 Å². The number of carbonyl (C=O) groups excluding carboxylic acids is 2. The number of anilines is 1. The van der Waals surface area contributed by atoms with Crippen LogP contribution in [0.1, 0.15) is 53.3 Å². The van der Waals surface area contributed by atoms with Gasteiger partial charge in [-0.15, -0.1) is 0 Å². The fraction of sp³-hybridized carbons (Fsp3) is 0.636. The number of aromatic nitrogens is 3. The summed E-state index contributed by atoms with van der Waals surface area (Å²) in [6.07, 6.45) is -2.97. The molecule has 6 atom stereocenters. The van der Waals surface area contributed by atoms with Crippen molar-refractivity contribution < 1.29 is 42.9 Å². The van der Waals surface area contributed by atoms with E-state index in [-0.39, 0.29) is 5.82 Å². The number of nitrogen functional groups attached to an aromatic ring is 1. The maximum absolute atomic E-state index is 13.5. The smallest absolute Gasteiger partial charge is 0.461 e. The number of rotatable bonds is 10. The van der Waals surface area contributed by atoms with Crippen LogP contribution in [-0.2, 0) is 32.7 Å². The molecule has 1 fully saturated rings. The van der Waals surface area contributed by atoms with Crippen LogP contribution in [0.3, 0.4) is 0 Å². The zero-order valence-electron chi connectivity index (χ0n) is 21.5. The first kappa shape index (κ1) is 29.0. The molecule has 0 spiro atoms. The molecule has 1 saturated heterocycles. The first-order chi connectivity index (χ1) is 17.2. The van der Waals surface area contributed by atoms with Gasteiger partial charge in [0.25, 0.3) is 0 Å². The summed E-state index contributed by atoms with van der Waals surface area (Å²) in [7, 11) is -4.44. The van der Waals surface area contributed by atoms with E-state index in [0.29, 0.717) is 11.2 Å². The topological polar surface area (TPSA) is 197 Å². The monoisotopic (exact) mass is 543 g/mol. The number of hydrogen-bond acceptors (Lipinski definition) is 12. The van der Waals surface area contributed by atoms with Gasteiger partial charge in [0.1, 0.15) is 41.8 Å². The molecule has 206 valence electrons. The Morgan fingerprint density at radius 3 is 2.57 bits per heavy atom. The summed E-state index contributed by atoms with van der Waals surface area (Å²) in [6.45, 7) is 8.55. The number of hydrogen-bond donors (Lipinski definition) is 4. The van der Waals surface area contributed by atoms with Crippen molar-refractivity contribution in [3.63, 3.8) is 0 Å². The van der Waals surface area contributed by atoms with Crippen LogP contribution in [0.2, 0.25) is 0 Å². The van der Waals surface area contributed by atoms with Gasteiger partial charge in [0, 0.05) is 0 Å². The quantitative estimate of drug-likeness (QED) is 0.246. The summed E-state index contributed by atoms with van der Waals surface area (Å²) in [5.41, 5.74) is 4.92. The highest BCUT2D eigenvalue weighted by atomic mass is 31.2. The lowest BCUT2D eigenvalue weighted by Gasteiger charge is -2.27. The van der Waals surface area contributed by atoms with E-state index < -0.39 is 68.3 Å². The minimum absolute atomic E-state index is 0.211. The number of nitrogens with two attached hydrogens (primary N) is 1. The average Bonchev–Trinajstić information content (AvgIpc) is 3.31. The zero-order valence-corrected chi connectivity index (χ0v) is 22.4. The van der Waals surface area contributed by atoms with E-state index in [4.69, 9.17) is 24.3 Å². The van der Waals surface area contributed by atoms with Crippen molar-refractivity contribution >= 4 is 31.0 Å². The Morgan fingerprint density at radius 1 is 1.27 bits per heavy atom. The molecular formula is C22H34N5O9P. The van der Waals surface area contributed by atoms with Crippen LogP contribution in [0.5, 0.6) is 0 Å². The Balaban J connectivity index is 1.80. The fourth-order valence-electron chi connectivity index (χ4n) is 3.70. The zero-order chi connectivity index (χ0) is 27.7. The lowest BCUT2D eigenvalue weighted by molar-refractivity contribution is -0.149. The molecule has 3 rings (SSSR count). The highest BCUT2D eigenvalue weighted by molar-refractivity contribution is 7.52. The molecule has 1 aliphatic heterocycles.